The molecule has 0 aliphatic heterocycles. The average molecular weight is 260 g/mol. The topological polar surface area (TPSA) is 15.3 Å². The minimum absolute atomic E-state index is 0.161. The Hall–Kier alpha value is -1.07. The van der Waals surface area contributed by atoms with Crippen LogP contribution in [-0.2, 0) is 0 Å². The van der Waals surface area contributed by atoms with E-state index in [1.54, 1.807) is 37.2 Å². The number of nitrogens with one attached hydrogen (secondary N) is 1. The molecule has 0 saturated heterocycles. The van der Waals surface area contributed by atoms with Crippen LogP contribution in [0, 0.1) is 5.82 Å². The van der Waals surface area contributed by atoms with Gasteiger partial charge in [-0.3, -0.25) is 0 Å². The van der Waals surface area contributed by atoms with Crippen molar-refractivity contribution < 1.29 is 13.2 Å². The first-order valence-electron chi connectivity index (χ1n) is 5.93. The maximum absolute atomic E-state index is 13.6. The third-order valence-electron chi connectivity index (χ3n) is 2.88. The van der Waals surface area contributed by atoms with Crippen LogP contribution in [0.5, 0.6) is 0 Å². The second-order valence-corrected chi connectivity index (χ2v) is 4.30. The highest BCUT2D eigenvalue weighted by molar-refractivity contribution is 5.21. The Morgan fingerprint density at radius 3 is 2.50 bits per heavy atom. The van der Waals surface area contributed by atoms with E-state index in [4.69, 9.17) is 0 Å². The molecule has 1 rings (SSSR count). The van der Waals surface area contributed by atoms with Gasteiger partial charge in [-0.1, -0.05) is 18.2 Å². The van der Waals surface area contributed by atoms with Crippen LogP contribution in [0.25, 0.3) is 0 Å². The largest absolute Gasteiger partial charge is 0.313 e. The predicted molar refractivity (Wildman–Crippen MR) is 66.3 cm³/mol. The molecular weight excluding hydrogens is 241 g/mol. The van der Waals surface area contributed by atoms with Crippen molar-refractivity contribution in [1.29, 1.82) is 0 Å². The SMILES string of the molecule is CNC(CCN(C)CC(F)F)c1ccccc1F. The third-order valence-corrected chi connectivity index (χ3v) is 2.88. The summed E-state index contributed by atoms with van der Waals surface area (Å²) in [6.45, 7) is 0.234. The number of rotatable bonds is 7. The van der Waals surface area contributed by atoms with Gasteiger partial charge in [0.25, 0.3) is 6.43 Å². The van der Waals surface area contributed by atoms with Gasteiger partial charge in [-0.15, -0.1) is 0 Å². The summed E-state index contributed by atoms with van der Waals surface area (Å²) in [5.74, 6) is -0.270. The second kappa shape index (κ2) is 7.38. The summed E-state index contributed by atoms with van der Waals surface area (Å²) in [5.41, 5.74) is 0.574. The average Bonchev–Trinajstić information content (AvgIpc) is 2.31. The van der Waals surface area contributed by atoms with Crippen molar-refractivity contribution in [2.45, 2.75) is 18.9 Å². The van der Waals surface area contributed by atoms with Gasteiger partial charge in [0.1, 0.15) is 5.82 Å². The van der Waals surface area contributed by atoms with E-state index < -0.39 is 6.43 Å². The Morgan fingerprint density at radius 1 is 1.28 bits per heavy atom. The normalized spacial score (nSPS) is 13.3. The fourth-order valence-corrected chi connectivity index (χ4v) is 1.89. The molecule has 0 heterocycles. The van der Waals surface area contributed by atoms with Crippen LogP contribution in [0.4, 0.5) is 13.2 Å². The molecule has 1 aromatic carbocycles. The zero-order valence-electron chi connectivity index (χ0n) is 10.7. The van der Waals surface area contributed by atoms with E-state index in [1.165, 1.54) is 6.07 Å². The van der Waals surface area contributed by atoms with Crippen molar-refractivity contribution >= 4 is 0 Å². The second-order valence-electron chi connectivity index (χ2n) is 4.30. The van der Waals surface area contributed by atoms with Gasteiger partial charge >= 0.3 is 0 Å². The van der Waals surface area contributed by atoms with Crippen LogP contribution in [-0.4, -0.2) is 38.5 Å². The molecule has 0 spiro atoms. The molecule has 18 heavy (non-hydrogen) atoms. The fourth-order valence-electron chi connectivity index (χ4n) is 1.89. The predicted octanol–water partition coefficient (Wildman–Crippen LogP) is 2.67. The third kappa shape index (κ3) is 4.66. The van der Waals surface area contributed by atoms with Gasteiger partial charge < -0.3 is 10.2 Å². The summed E-state index contributed by atoms with van der Waals surface area (Å²) in [6, 6.07) is 6.36. The summed E-state index contributed by atoms with van der Waals surface area (Å²) in [7, 11) is 3.38. The van der Waals surface area contributed by atoms with Crippen LogP contribution in [0.3, 0.4) is 0 Å². The van der Waals surface area contributed by atoms with Gasteiger partial charge in [-0.2, -0.15) is 0 Å². The monoisotopic (exact) mass is 260 g/mol. The van der Waals surface area contributed by atoms with E-state index in [2.05, 4.69) is 5.32 Å². The lowest BCUT2D eigenvalue weighted by Crippen LogP contribution is -2.29. The molecule has 0 amide bonds. The molecule has 0 aromatic heterocycles. The molecule has 0 aliphatic rings. The number of alkyl halides is 2. The van der Waals surface area contributed by atoms with E-state index in [0.29, 0.717) is 18.5 Å². The lowest BCUT2D eigenvalue weighted by atomic mass is 10.0. The van der Waals surface area contributed by atoms with Crippen molar-refractivity contribution in [2.75, 3.05) is 27.2 Å². The van der Waals surface area contributed by atoms with Gasteiger partial charge in [0.05, 0.1) is 6.54 Å². The molecule has 1 aromatic rings. The summed E-state index contributed by atoms with van der Waals surface area (Å²) in [6.07, 6.45) is -1.75. The van der Waals surface area contributed by atoms with E-state index in [1.807, 2.05) is 0 Å². The quantitative estimate of drug-likeness (QED) is 0.811. The van der Waals surface area contributed by atoms with Crippen molar-refractivity contribution in [3.05, 3.63) is 35.6 Å². The maximum Gasteiger partial charge on any atom is 0.251 e. The van der Waals surface area contributed by atoms with E-state index >= 15 is 0 Å². The molecule has 0 fully saturated rings. The van der Waals surface area contributed by atoms with Crippen LogP contribution in [0.1, 0.15) is 18.0 Å². The zero-order chi connectivity index (χ0) is 13.5. The number of nitrogens with zero attached hydrogens (tertiary/aromatic N) is 1. The molecule has 0 aliphatic carbocycles. The van der Waals surface area contributed by atoms with E-state index in [0.717, 1.165) is 0 Å². The van der Waals surface area contributed by atoms with Gasteiger partial charge in [-0.25, -0.2) is 13.2 Å². The summed E-state index contributed by atoms with van der Waals surface area (Å²) < 4.78 is 37.9. The molecular formula is C13H19F3N2. The van der Waals surface area contributed by atoms with Crippen molar-refractivity contribution in [2.24, 2.45) is 0 Å². The number of hydrogen-bond donors (Lipinski definition) is 1. The standard InChI is InChI=1S/C13H19F3N2/c1-17-12(7-8-18(2)9-13(15)16)10-5-3-4-6-11(10)14/h3-6,12-13,17H,7-9H2,1-2H3. The summed E-state index contributed by atoms with van der Waals surface area (Å²) in [5, 5.41) is 3.01. The first-order valence-corrected chi connectivity index (χ1v) is 5.93. The van der Waals surface area contributed by atoms with E-state index in [9.17, 15) is 13.2 Å². The maximum atomic E-state index is 13.6. The zero-order valence-corrected chi connectivity index (χ0v) is 10.7. The highest BCUT2D eigenvalue weighted by Gasteiger charge is 2.15. The minimum Gasteiger partial charge on any atom is -0.313 e. The summed E-state index contributed by atoms with van der Waals surface area (Å²) in [4.78, 5) is 1.55. The molecule has 0 radical (unpaired) electrons. The van der Waals surface area contributed by atoms with Crippen molar-refractivity contribution in [3.8, 4) is 0 Å². The Labute approximate surface area is 106 Å². The Balaban J connectivity index is 2.55. The van der Waals surface area contributed by atoms with Crippen LogP contribution in [0.2, 0.25) is 0 Å². The van der Waals surface area contributed by atoms with Gasteiger partial charge in [0, 0.05) is 11.6 Å². The first kappa shape index (κ1) is 15.0. The molecule has 1 atom stereocenters. The van der Waals surface area contributed by atoms with E-state index in [-0.39, 0.29) is 18.4 Å². The van der Waals surface area contributed by atoms with Crippen LogP contribution >= 0.6 is 0 Å². The Bertz CT molecular complexity index is 358. The van der Waals surface area contributed by atoms with Crippen LogP contribution < -0.4 is 5.32 Å². The van der Waals surface area contributed by atoms with Gasteiger partial charge in [-0.05, 0) is 33.1 Å². The molecule has 2 nitrogen and oxygen atoms in total. The first-order chi connectivity index (χ1) is 8.54. The Kier molecular flexibility index (Phi) is 6.15. The molecule has 5 heteroatoms. The van der Waals surface area contributed by atoms with Crippen LogP contribution in [0.15, 0.2) is 24.3 Å². The number of halogens is 3. The van der Waals surface area contributed by atoms with Crippen molar-refractivity contribution in [3.63, 3.8) is 0 Å². The minimum atomic E-state index is -2.34. The highest BCUT2D eigenvalue weighted by Crippen LogP contribution is 2.19. The van der Waals surface area contributed by atoms with Crippen molar-refractivity contribution in [1.82, 2.24) is 10.2 Å². The molecule has 0 saturated carbocycles. The lowest BCUT2D eigenvalue weighted by molar-refractivity contribution is 0.0985. The smallest absolute Gasteiger partial charge is 0.251 e. The van der Waals surface area contributed by atoms with Gasteiger partial charge in [0.2, 0.25) is 0 Å². The number of hydrogen-bond acceptors (Lipinski definition) is 2. The number of benzene rings is 1. The summed E-state index contributed by atoms with van der Waals surface area (Å²) >= 11 is 0. The molecule has 1 N–H and O–H groups in total. The fraction of sp³-hybridized carbons (Fsp3) is 0.538. The molecule has 1 unspecified atom stereocenters. The molecule has 0 bridgehead atoms. The lowest BCUT2D eigenvalue weighted by Gasteiger charge is -2.21. The highest BCUT2D eigenvalue weighted by atomic mass is 19.3. The molecule has 102 valence electrons. The Morgan fingerprint density at radius 2 is 1.94 bits per heavy atom. The van der Waals surface area contributed by atoms with Gasteiger partial charge in [0.15, 0.2) is 0 Å².